The predicted octanol–water partition coefficient (Wildman–Crippen LogP) is 2.72. The van der Waals surface area contributed by atoms with Gasteiger partial charge >= 0.3 is 0 Å². The van der Waals surface area contributed by atoms with Crippen LogP contribution >= 0.6 is 0 Å². The third-order valence-electron chi connectivity index (χ3n) is 2.60. The van der Waals surface area contributed by atoms with Crippen LogP contribution in [0.15, 0.2) is 48.6 Å². The molecule has 18 heavy (non-hydrogen) atoms. The van der Waals surface area contributed by atoms with Crippen molar-refractivity contribution in [3.63, 3.8) is 0 Å². The number of aromatic nitrogens is 2. The summed E-state index contributed by atoms with van der Waals surface area (Å²) in [6.07, 6.45) is 5.23. The molecule has 0 amide bonds. The van der Waals surface area contributed by atoms with Crippen LogP contribution in [0.2, 0.25) is 0 Å². The highest BCUT2D eigenvalue weighted by molar-refractivity contribution is 6.25. The van der Waals surface area contributed by atoms with E-state index in [0.29, 0.717) is 5.47 Å². The molecular formula is C14H13BN2O. The highest BCUT2D eigenvalue weighted by Gasteiger charge is 2.04. The second-order valence-corrected chi connectivity index (χ2v) is 3.96. The molecule has 2 aromatic rings. The van der Waals surface area contributed by atoms with Gasteiger partial charge in [0.1, 0.15) is 19.4 Å². The average Bonchev–Trinajstić information content (AvgIpc) is 2.71. The summed E-state index contributed by atoms with van der Waals surface area (Å²) in [6.45, 7) is 5.51. The van der Waals surface area contributed by atoms with Crippen molar-refractivity contribution in [2.75, 3.05) is 0 Å². The Morgan fingerprint density at radius 1 is 1.39 bits per heavy atom. The Labute approximate surface area is 108 Å². The molecular weight excluding hydrogens is 223 g/mol. The molecule has 0 spiro atoms. The standard InChI is InChI=1S/C14H13BN2O/c1-3-12(15)8-17-9-14(16-10(17)2)11-4-6-13(18)7-5-11/h3-9,18H,1H2,2H3/b12-8+. The Morgan fingerprint density at radius 3 is 2.67 bits per heavy atom. The molecule has 0 saturated carbocycles. The fourth-order valence-electron chi connectivity index (χ4n) is 1.60. The van der Waals surface area contributed by atoms with E-state index in [4.69, 9.17) is 7.85 Å². The van der Waals surface area contributed by atoms with Gasteiger partial charge in [0, 0.05) is 18.0 Å². The first-order chi connectivity index (χ1) is 8.60. The lowest BCUT2D eigenvalue weighted by atomic mass is 9.97. The number of benzene rings is 1. The van der Waals surface area contributed by atoms with E-state index in [-0.39, 0.29) is 5.75 Å². The van der Waals surface area contributed by atoms with Crippen molar-refractivity contribution in [2.45, 2.75) is 6.92 Å². The minimum absolute atomic E-state index is 0.241. The molecule has 88 valence electrons. The molecule has 1 aromatic carbocycles. The number of hydrogen-bond donors (Lipinski definition) is 1. The van der Waals surface area contributed by atoms with Gasteiger partial charge in [0.2, 0.25) is 0 Å². The number of phenolic OH excluding ortho intramolecular Hbond substituents is 1. The smallest absolute Gasteiger partial charge is 0.115 e. The zero-order valence-electron chi connectivity index (χ0n) is 10.2. The monoisotopic (exact) mass is 236 g/mol. The zero-order chi connectivity index (χ0) is 13.1. The first kappa shape index (κ1) is 12.2. The van der Waals surface area contributed by atoms with Crippen molar-refractivity contribution in [3.05, 3.63) is 54.4 Å². The number of nitrogens with zero attached hydrogens (tertiary/aromatic N) is 2. The molecule has 0 fully saturated rings. The first-order valence-electron chi connectivity index (χ1n) is 5.55. The van der Waals surface area contributed by atoms with Crippen molar-refractivity contribution >= 4 is 14.0 Å². The van der Waals surface area contributed by atoms with Gasteiger partial charge in [0.25, 0.3) is 0 Å². The lowest BCUT2D eigenvalue weighted by Crippen LogP contribution is -1.89. The van der Waals surface area contributed by atoms with Gasteiger partial charge in [-0.3, -0.25) is 0 Å². The van der Waals surface area contributed by atoms with Crippen LogP contribution in [-0.2, 0) is 0 Å². The Balaban J connectivity index is 2.40. The third kappa shape index (κ3) is 2.54. The van der Waals surface area contributed by atoms with Gasteiger partial charge in [0.05, 0.1) is 5.69 Å². The van der Waals surface area contributed by atoms with Gasteiger partial charge in [0.15, 0.2) is 0 Å². The Kier molecular flexibility index (Phi) is 3.37. The Hall–Kier alpha value is -2.23. The number of aromatic hydroxyl groups is 1. The van der Waals surface area contributed by atoms with Crippen LogP contribution in [0.25, 0.3) is 17.5 Å². The van der Waals surface area contributed by atoms with Crippen LogP contribution in [0.5, 0.6) is 5.75 Å². The summed E-state index contributed by atoms with van der Waals surface area (Å²) in [5.41, 5.74) is 2.36. The number of allylic oxidation sites excluding steroid dienone is 2. The molecule has 4 heteroatoms. The minimum atomic E-state index is 0.241. The van der Waals surface area contributed by atoms with E-state index >= 15 is 0 Å². The highest BCUT2D eigenvalue weighted by atomic mass is 16.3. The number of phenols is 1. The maximum absolute atomic E-state index is 9.25. The lowest BCUT2D eigenvalue weighted by Gasteiger charge is -1.97. The number of hydrogen-bond acceptors (Lipinski definition) is 2. The van der Waals surface area contributed by atoms with E-state index in [0.717, 1.165) is 17.1 Å². The summed E-state index contributed by atoms with van der Waals surface area (Å²) in [4.78, 5) is 4.44. The Morgan fingerprint density at radius 2 is 2.06 bits per heavy atom. The van der Waals surface area contributed by atoms with Crippen molar-refractivity contribution < 1.29 is 5.11 Å². The molecule has 2 radical (unpaired) electrons. The van der Waals surface area contributed by atoms with E-state index in [1.165, 1.54) is 0 Å². The molecule has 1 N–H and O–H groups in total. The van der Waals surface area contributed by atoms with E-state index < -0.39 is 0 Å². The van der Waals surface area contributed by atoms with Crippen LogP contribution in [0.1, 0.15) is 5.82 Å². The molecule has 2 rings (SSSR count). The SMILES string of the molecule is [B]/C(C=C)=C/n1cc(-c2ccc(O)cc2)nc1C. The fraction of sp³-hybridized carbons (Fsp3) is 0.0714. The van der Waals surface area contributed by atoms with E-state index in [1.807, 2.05) is 29.8 Å². The molecule has 0 aliphatic carbocycles. The summed E-state index contributed by atoms with van der Waals surface area (Å²) >= 11 is 0. The van der Waals surface area contributed by atoms with Crippen LogP contribution in [0, 0.1) is 6.92 Å². The molecule has 1 aromatic heterocycles. The van der Waals surface area contributed by atoms with E-state index in [9.17, 15) is 5.11 Å². The predicted molar refractivity (Wildman–Crippen MR) is 74.3 cm³/mol. The van der Waals surface area contributed by atoms with E-state index in [1.54, 1.807) is 24.4 Å². The minimum Gasteiger partial charge on any atom is -0.508 e. The number of aryl methyl sites for hydroxylation is 1. The first-order valence-corrected chi connectivity index (χ1v) is 5.55. The molecule has 0 saturated heterocycles. The van der Waals surface area contributed by atoms with Gasteiger partial charge in [-0.2, -0.15) is 0 Å². The van der Waals surface area contributed by atoms with Crippen LogP contribution in [0.4, 0.5) is 0 Å². The van der Waals surface area contributed by atoms with E-state index in [2.05, 4.69) is 11.6 Å². The normalized spacial score (nSPS) is 11.5. The lowest BCUT2D eigenvalue weighted by molar-refractivity contribution is 0.475. The average molecular weight is 236 g/mol. The second-order valence-electron chi connectivity index (χ2n) is 3.96. The number of rotatable bonds is 3. The van der Waals surface area contributed by atoms with Crippen LogP contribution in [0.3, 0.4) is 0 Å². The maximum atomic E-state index is 9.25. The molecule has 3 nitrogen and oxygen atoms in total. The van der Waals surface area contributed by atoms with Crippen molar-refractivity contribution in [2.24, 2.45) is 0 Å². The van der Waals surface area contributed by atoms with Gasteiger partial charge in [-0.15, -0.1) is 0 Å². The second kappa shape index (κ2) is 4.96. The summed E-state index contributed by atoms with van der Waals surface area (Å²) in [5.74, 6) is 1.08. The third-order valence-corrected chi connectivity index (χ3v) is 2.60. The highest BCUT2D eigenvalue weighted by Crippen LogP contribution is 2.21. The van der Waals surface area contributed by atoms with Crippen molar-refractivity contribution in [1.29, 1.82) is 0 Å². The molecule has 0 bridgehead atoms. The van der Waals surface area contributed by atoms with Crippen molar-refractivity contribution in [1.82, 2.24) is 9.55 Å². The van der Waals surface area contributed by atoms with Gasteiger partial charge < -0.3 is 9.67 Å². The largest absolute Gasteiger partial charge is 0.508 e. The van der Waals surface area contributed by atoms with Crippen LogP contribution in [-0.4, -0.2) is 22.5 Å². The quantitative estimate of drug-likeness (QED) is 0.657. The molecule has 1 heterocycles. The zero-order valence-corrected chi connectivity index (χ0v) is 10.2. The summed E-state index contributed by atoms with van der Waals surface area (Å²) < 4.78 is 1.85. The van der Waals surface area contributed by atoms with Crippen LogP contribution < -0.4 is 0 Å². The molecule has 0 aliphatic heterocycles. The number of imidazole rings is 1. The fourth-order valence-corrected chi connectivity index (χ4v) is 1.60. The summed E-state index contributed by atoms with van der Waals surface area (Å²) in [5, 5.41) is 9.25. The van der Waals surface area contributed by atoms with Gasteiger partial charge in [-0.05, 0) is 31.2 Å². The van der Waals surface area contributed by atoms with Crippen molar-refractivity contribution in [3.8, 4) is 17.0 Å². The van der Waals surface area contributed by atoms with Gasteiger partial charge in [-0.1, -0.05) is 18.1 Å². The Bertz CT molecular complexity index is 597. The molecule has 0 unspecified atom stereocenters. The topological polar surface area (TPSA) is 38.0 Å². The summed E-state index contributed by atoms with van der Waals surface area (Å²) in [6, 6.07) is 6.92. The summed E-state index contributed by atoms with van der Waals surface area (Å²) in [7, 11) is 5.70. The molecule has 0 aliphatic rings. The van der Waals surface area contributed by atoms with Gasteiger partial charge in [-0.25, -0.2) is 4.98 Å². The maximum Gasteiger partial charge on any atom is 0.115 e. The molecule has 0 atom stereocenters.